The van der Waals surface area contributed by atoms with Crippen LogP contribution in [0.1, 0.15) is 11.3 Å². The predicted molar refractivity (Wildman–Crippen MR) is 68.9 cm³/mol. The Kier molecular flexibility index (Phi) is 3.52. The highest BCUT2D eigenvalue weighted by molar-refractivity contribution is 9.10. The second-order valence-electron chi connectivity index (χ2n) is 3.30. The lowest BCUT2D eigenvalue weighted by molar-refractivity contribution is 1.14. The number of anilines is 2. The Labute approximate surface area is 112 Å². The quantitative estimate of drug-likeness (QED) is 0.921. The lowest BCUT2D eigenvalue weighted by Crippen LogP contribution is -1.99. The van der Waals surface area contributed by atoms with Crippen LogP contribution in [0.15, 0.2) is 34.9 Å². The maximum absolute atomic E-state index is 8.99. The molecule has 86 valence electrons. The highest BCUT2D eigenvalue weighted by Gasteiger charge is 2.05. The summed E-state index contributed by atoms with van der Waals surface area (Å²) in [4.78, 5) is 7.97. The van der Waals surface area contributed by atoms with E-state index in [0.717, 1.165) is 4.47 Å². The summed E-state index contributed by atoms with van der Waals surface area (Å²) in [6.45, 7) is 0. The Morgan fingerprint density at radius 3 is 2.72 bits per heavy atom. The van der Waals surface area contributed by atoms with Crippen molar-refractivity contribution in [2.75, 3.05) is 5.32 Å². The smallest absolute Gasteiger partial charge is 0.228 e. The van der Waals surface area contributed by atoms with Gasteiger partial charge in [-0.3, -0.25) is 0 Å². The number of nitriles is 2. The van der Waals surface area contributed by atoms with Crippen LogP contribution in [0.25, 0.3) is 0 Å². The standard InChI is InChI=1S/C12H6BrN5/c13-9-2-1-8(6-14)11(5-9)18-12-16-4-3-10(7-15)17-12/h1-5H,(H,16,17,18). The average molecular weight is 300 g/mol. The van der Waals surface area contributed by atoms with E-state index in [1.54, 1.807) is 18.2 Å². The van der Waals surface area contributed by atoms with Crippen molar-refractivity contribution in [3.8, 4) is 12.1 Å². The third-order valence-electron chi connectivity index (χ3n) is 2.12. The molecule has 0 saturated heterocycles. The Morgan fingerprint density at radius 1 is 1.17 bits per heavy atom. The first-order valence-electron chi connectivity index (χ1n) is 4.93. The number of hydrogen-bond acceptors (Lipinski definition) is 5. The fourth-order valence-electron chi connectivity index (χ4n) is 1.32. The first kappa shape index (κ1) is 12.0. The van der Waals surface area contributed by atoms with E-state index in [0.29, 0.717) is 11.3 Å². The summed E-state index contributed by atoms with van der Waals surface area (Å²) in [5.74, 6) is 0.281. The number of halogens is 1. The fraction of sp³-hybridized carbons (Fsp3) is 0. The van der Waals surface area contributed by atoms with E-state index in [4.69, 9.17) is 10.5 Å². The van der Waals surface area contributed by atoms with Gasteiger partial charge in [0.05, 0.1) is 11.3 Å². The Morgan fingerprint density at radius 2 is 2.00 bits per heavy atom. The highest BCUT2D eigenvalue weighted by Crippen LogP contribution is 2.23. The molecule has 0 fully saturated rings. The minimum atomic E-state index is 0.265. The summed E-state index contributed by atoms with van der Waals surface area (Å²) in [5, 5.41) is 20.6. The number of hydrogen-bond donors (Lipinski definition) is 1. The molecular weight excluding hydrogens is 294 g/mol. The molecule has 0 atom stereocenters. The molecule has 0 bridgehead atoms. The number of aromatic nitrogens is 2. The molecule has 0 amide bonds. The molecule has 1 heterocycles. The van der Waals surface area contributed by atoms with Crippen LogP contribution in [-0.2, 0) is 0 Å². The number of rotatable bonds is 2. The van der Waals surface area contributed by atoms with Crippen molar-refractivity contribution in [2.45, 2.75) is 0 Å². The third kappa shape index (κ3) is 2.62. The molecule has 0 spiro atoms. The van der Waals surface area contributed by atoms with E-state index in [1.165, 1.54) is 12.3 Å². The Hall–Kier alpha value is -2.44. The van der Waals surface area contributed by atoms with Crippen LogP contribution in [-0.4, -0.2) is 9.97 Å². The fourth-order valence-corrected chi connectivity index (χ4v) is 1.68. The summed E-state index contributed by atoms with van der Waals surface area (Å²) in [6.07, 6.45) is 1.48. The third-order valence-corrected chi connectivity index (χ3v) is 2.61. The van der Waals surface area contributed by atoms with Crippen molar-refractivity contribution in [3.05, 3.63) is 46.2 Å². The molecule has 0 unspecified atom stereocenters. The molecule has 1 aromatic carbocycles. The lowest BCUT2D eigenvalue weighted by atomic mass is 10.2. The molecule has 5 nitrogen and oxygen atoms in total. The zero-order valence-corrected chi connectivity index (χ0v) is 10.6. The summed E-state index contributed by atoms with van der Waals surface area (Å²) in [5.41, 5.74) is 1.33. The van der Waals surface area contributed by atoms with Gasteiger partial charge in [0, 0.05) is 10.7 Å². The van der Waals surface area contributed by atoms with Gasteiger partial charge in [0.25, 0.3) is 0 Å². The van der Waals surface area contributed by atoms with E-state index >= 15 is 0 Å². The SMILES string of the molecule is N#Cc1ccnc(Nc2cc(Br)ccc2C#N)n1. The molecule has 0 aliphatic carbocycles. The van der Waals surface area contributed by atoms with E-state index in [1.807, 2.05) is 6.07 Å². The molecule has 0 radical (unpaired) electrons. The lowest BCUT2D eigenvalue weighted by Gasteiger charge is -2.06. The van der Waals surface area contributed by atoms with Crippen molar-refractivity contribution in [3.63, 3.8) is 0 Å². The molecule has 6 heteroatoms. The van der Waals surface area contributed by atoms with Crippen molar-refractivity contribution in [2.24, 2.45) is 0 Å². The second kappa shape index (κ2) is 5.26. The first-order valence-corrected chi connectivity index (χ1v) is 5.72. The molecule has 0 saturated carbocycles. The number of benzene rings is 1. The van der Waals surface area contributed by atoms with Crippen LogP contribution in [0.4, 0.5) is 11.6 Å². The van der Waals surface area contributed by atoms with Crippen molar-refractivity contribution in [1.82, 2.24) is 9.97 Å². The molecule has 0 aliphatic heterocycles. The van der Waals surface area contributed by atoms with E-state index < -0.39 is 0 Å². The molecule has 2 rings (SSSR count). The Balaban J connectivity index is 2.37. The van der Waals surface area contributed by atoms with Crippen LogP contribution < -0.4 is 5.32 Å². The summed E-state index contributed by atoms with van der Waals surface area (Å²) in [7, 11) is 0. The Bertz CT molecular complexity index is 669. The molecule has 1 N–H and O–H groups in total. The van der Waals surface area contributed by atoms with Crippen molar-refractivity contribution < 1.29 is 0 Å². The van der Waals surface area contributed by atoms with Crippen LogP contribution in [0.3, 0.4) is 0 Å². The van der Waals surface area contributed by atoms with Crippen LogP contribution >= 0.6 is 15.9 Å². The zero-order chi connectivity index (χ0) is 13.0. The maximum Gasteiger partial charge on any atom is 0.228 e. The molecule has 2 aromatic rings. The molecular formula is C12H6BrN5. The summed E-state index contributed by atoms with van der Waals surface area (Å²) in [6, 6.07) is 10.7. The number of nitrogens with one attached hydrogen (secondary N) is 1. The monoisotopic (exact) mass is 299 g/mol. The van der Waals surface area contributed by atoms with Gasteiger partial charge in [0.15, 0.2) is 0 Å². The van der Waals surface area contributed by atoms with Gasteiger partial charge in [0.2, 0.25) is 5.95 Å². The van der Waals surface area contributed by atoms with Gasteiger partial charge in [0.1, 0.15) is 17.8 Å². The first-order chi connectivity index (χ1) is 8.72. The average Bonchev–Trinajstić information content (AvgIpc) is 2.39. The summed E-state index contributed by atoms with van der Waals surface area (Å²) >= 11 is 3.32. The maximum atomic E-state index is 8.99. The summed E-state index contributed by atoms with van der Waals surface area (Å²) < 4.78 is 0.834. The van der Waals surface area contributed by atoms with E-state index in [2.05, 4.69) is 37.3 Å². The van der Waals surface area contributed by atoms with E-state index in [-0.39, 0.29) is 11.6 Å². The zero-order valence-electron chi connectivity index (χ0n) is 9.05. The van der Waals surface area contributed by atoms with Gasteiger partial charge in [-0.1, -0.05) is 15.9 Å². The van der Waals surface area contributed by atoms with Crippen LogP contribution in [0.5, 0.6) is 0 Å². The normalized spacial score (nSPS) is 9.28. The minimum Gasteiger partial charge on any atom is -0.323 e. The molecule has 1 aromatic heterocycles. The topological polar surface area (TPSA) is 85.4 Å². The molecule has 18 heavy (non-hydrogen) atoms. The minimum absolute atomic E-state index is 0.265. The van der Waals surface area contributed by atoms with Gasteiger partial charge in [-0.15, -0.1) is 0 Å². The van der Waals surface area contributed by atoms with Gasteiger partial charge in [-0.2, -0.15) is 10.5 Å². The van der Waals surface area contributed by atoms with E-state index in [9.17, 15) is 0 Å². The largest absolute Gasteiger partial charge is 0.323 e. The van der Waals surface area contributed by atoms with Crippen LogP contribution in [0.2, 0.25) is 0 Å². The number of nitrogens with zero attached hydrogens (tertiary/aromatic N) is 4. The van der Waals surface area contributed by atoms with Crippen molar-refractivity contribution in [1.29, 1.82) is 10.5 Å². The predicted octanol–water partition coefficient (Wildman–Crippen LogP) is 2.73. The van der Waals surface area contributed by atoms with Gasteiger partial charge >= 0.3 is 0 Å². The second-order valence-corrected chi connectivity index (χ2v) is 4.22. The van der Waals surface area contributed by atoms with Gasteiger partial charge < -0.3 is 5.32 Å². The highest BCUT2D eigenvalue weighted by atomic mass is 79.9. The molecule has 0 aliphatic rings. The van der Waals surface area contributed by atoms with Crippen LogP contribution in [0, 0.1) is 22.7 Å². The van der Waals surface area contributed by atoms with Gasteiger partial charge in [-0.05, 0) is 24.3 Å². The van der Waals surface area contributed by atoms with Gasteiger partial charge in [-0.25, -0.2) is 9.97 Å². The van der Waals surface area contributed by atoms with Crippen molar-refractivity contribution >= 4 is 27.6 Å².